The van der Waals surface area contributed by atoms with Crippen LogP contribution in [0.2, 0.25) is 0 Å². The number of allylic oxidation sites excluding steroid dienone is 2. The maximum Gasteiger partial charge on any atom is 0.336 e. The quantitative estimate of drug-likeness (QED) is 0.260. The summed E-state index contributed by atoms with van der Waals surface area (Å²) >= 11 is 0. The number of hydrogen-bond donors (Lipinski definition) is 0. The Morgan fingerprint density at radius 1 is 0.724 bits per heavy atom. The van der Waals surface area contributed by atoms with Crippen LogP contribution in [-0.2, 0) is 4.79 Å². The van der Waals surface area contributed by atoms with Gasteiger partial charge in [0.1, 0.15) is 5.75 Å². The van der Waals surface area contributed by atoms with Gasteiger partial charge in [0.05, 0.1) is 0 Å². The second-order valence-corrected chi connectivity index (χ2v) is 7.04. The van der Waals surface area contributed by atoms with Gasteiger partial charge in [0, 0.05) is 6.08 Å². The topological polar surface area (TPSA) is 26.3 Å². The van der Waals surface area contributed by atoms with E-state index in [0.29, 0.717) is 5.75 Å². The molecule has 0 spiro atoms. The number of hydrogen-bond acceptors (Lipinski definition) is 2. The molecule has 0 heterocycles. The summed E-state index contributed by atoms with van der Waals surface area (Å²) in [5.41, 5.74) is 7.35. The summed E-state index contributed by atoms with van der Waals surface area (Å²) < 4.78 is 5.39. The van der Waals surface area contributed by atoms with E-state index in [1.807, 2.05) is 50.2 Å². The van der Waals surface area contributed by atoms with Crippen LogP contribution < -0.4 is 4.74 Å². The third-order valence-electron chi connectivity index (χ3n) is 4.60. The predicted molar refractivity (Wildman–Crippen MR) is 122 cm³/mol. The highest BCUT2D eigenvalue weighted by molar-refractivity contribution is 5.88. The molecule has 0 saturated carbocycles. The average molecular weight is 380 g/mol. The van der Waals surface area contributed by atoms with E-state index >= 15 is 0 Å². The first kappa shape index (κ1) is 20.1. The highest BCUT2D eigenvalue weighted by atomic mass is 16.5. The fourth-order valence-electron chi connectivity index (χ4n) is 2.86. The van der Waals surface area contributed by atoms with Gasteiger partial charge in [-0.1, -0.05) is 85.0 Å². The van der Waals surface area contributed by atoms with Gasteiger partial charge in [0.15, 0.2) is 0 Å². The van der Waals surface area contributed by atoms with Crippen LogP contribution in [0.5, 0.6) is 5.75 Å². The zero-order valence-corrected chi connectivity index (χ0v) is 16.8. The molecule has 0 unspecified atom stereocenters. The van der Waals surface area contributed by atoms with Crippen molar-refractivity contribution >= 4 is 23.2 Å². The van der Waals surface area contributed by atoms with Crippen LogP contribution in [-0.4, -0.2) is 5.97 Å². The molecule has 3 rings (SSSR count). The van der Waals surface area contributed by atoms with Crippen LogP contribution in [0.25, 0.3) is 28.3 Å². The highest BCUT2D eigenvalue weighted by Gasteiger charge is 2.03. The molecule has 0 saturated heterocycles. The molecule has 3 aromatic carbocycles. The minimum absolute atomic E-state index is 0.410. The summed E-state index contributed by atoms with van der Waals surface area (Å²) in [7, 11) is 0. The number of esters is 1. The van der Waals surface area contributed by atoms with E-state index in [-0.39, 0.29) is 0 Å². The minimum atomic E-state index is -0.410. The van der Waals surface area contributed by atoms with Crippen LogP contribution in [0.1, 0.15) is 30.5 Å². The molecule has 0 aliphatic heterocycles. The van der Waals surface area contributed by atoms with Gasteiger partial charge in [-0.05, 0) is 59.9 Å². The molecular formula is C27H24O2. The summed E-state index contributed by atoms with van der Waals surface area (Å²) in [5, 5.41) is 0. The van der Waals surface area contributed by atoms with Crippen LogP contribution in [0.3, 0.4) is 0 Å². The Labute approximate surface area is 172 Å². The molecule has 0 aliphatic rings. The molecule has 29 heavy (non-hydrogen) atoms. The molecule has 2 nitrogen and oxygen atoms in total. The molecule has 2 heteroatoms. The van der Waals surface area contributed by atoms with Gasteiger partial charge in [0.2, 0.25) is 0 Å². The van der Waals surface area contributed by atoms with Crippen molar-refractivity contribution in [2.24, 2.45) is 0 Å². The molecule has 0 aromatic heterocycles. The maximum absolute atomic E-state index is 12.1. The molecule has 0 aliphatic carbocycles. The Hall–Kier alpha value is -3.65. The zero-order chi connectivity index (χ0) is 20.8. The van der Waals surface area contributed by atoms with Crippen LogP contribution in [0, 0.1) is 0 Å². The van der Waals surface area contributed by atoms with Gasteiger partial charge in [-0.2, -0.15) is 0 Å². The van der Waals surface area contributed by atoms with E-state index in [9.17, 15) is 4.79 Å². The second-order valence-electron chi connectivity index (χ2n) is 7.04. The molecular weight excluding hydrogens is 356 g/mol. The lowest BCUT2D eigenvalue weighted by atomic mass is 10.0. The van der Waals surface area contributed by atoms with Gasteiger partial charge in [-0.15, -0.1) is 0 Å². The van der Waals surface area contributed by atoms with Crippen LogP contribution in [0.15, 0.2) is 92.0 Å². The Morgan fingerprint density at radius 3 is 1.66 bits per heavy atom. The highest BCUT2D eigenvalue weighted by Crippen LogP contribution is 2.24. The first-order chi connectivity index (χ1) is 13.9. The van der Waals surface area contributed by atoms with E-state index in [2.05, 4.69) is 37.4 Å². The third-order valence-corrected chi connectivity index (χ3v) is 4.60. The second kappa shape index (κ2) is 9.03. The standard InChI is InChI=1S/C27H24O2/c1-19(2)22-8-5-21(6-9-22)7-18-27(28)29-26-16-14-25(15-17-26)24-12-10-23(11-13-24)20(3)4/h5-18H,1,3H2,2,4H3/b18-7+. The average Bonchev–Trinajstić information content (AvgIpc) is 2.73. The number of carbonyl (C=O) groups excluding carboxylic acids is 1. The van der Waals surface area contributed by atoms with Gasteiger partial charge in [0.25, 0.3) is 0 Å². The van der Waals surface area contributed by atoms with Crippen molar-refractivity contribution in [1.82, 2.24) is 0 Å². The lowest BCUT2D eigenvalue weighted by Gasteiger charge is -2.06. The van der Waals surface area contributed by atoms with Crippen molar-refractivity contribution in [3.05, 3.63) is 109 Å². The lowest BCUT2D eigenvalue weighted by Crippen LogP contribution is -2.03. The minimum Gasteiger partial charge on any atom is -0.423 e. The molecule has 3 aromatic rings. The Morgan fingerprint density at radius 2 is 1.17 bits per heavy atom. The van der Waals surface area contributed by atoms with Gasteiger partial charge in [-0.25, -0.2) is 4.79 Å². The van der Waals surface area contributed by atoms with Gasteiger partial charge in [-0.3, -0.25) is 0 Å². The molecule has 0 radical (unpaired) electrons. The predicted octanol–water partition coefficient (Wildman–Crippen LogP) is 7.04. The van der Waals surface area contributed by atoms with Crippen molar-refractivity contribution in [3.63, 3.8) is 0 Å². The van der Waals surface area contributed by atoms with E-state index in [0.717, 1.165) is 39.0 Å². The van der Waals surface area contributed by atoms with Crippen molar-refractivity contribution in [3.8, 4) is 16.9 Å². The van der Waals surface area contributed by atoms with Crippen molar-refractivity contribution < 1.29 is 9.53 Å². The zero-order valence-electron chi connectivity index (χ0n) is 16.8. The van der Waals surface area contributed by atoms with E-state index in [1.165, 1.54) is 6.08 Å². The van der Waals surface area contributed by atoms with Crippen LogP contribution in [0.4, 0.5) is 0 Å². The first-order valence-electron chi connectivity index (χ1n) is 9.44. The summed E-state index contributed by atoms with van der Waals surface area (Å²) in [6.07, 6.45) is 3.17. The third kappa shape index (κ3) is 5.43. The van der Waals surface area contributed by atoms with Gasteiger partial charge < -0.3 is 4.74 Å². The smallest absolute Gasteiger partial charge is 0.336 e. The van der Waals surface area contributed by atoms with Crippen molar-refractivity contribution in [2.75, 3.05) is 0 Å². The van der Waals surface area contributed by atoms with E-state index < -0.39 is 5.97 Å². The monoisotopic (exact) mass is 380 g/mol. The fourth-order valence-corrected chi connectivity index (χ4v) is 2.86. The maximum atomic E-state index is 12.1. The van der Waals surface area contributed by atoms with Gasteiger partial charge >= 0.3 is 5.97 Å². The van der Waals surface area contributed by atoms with Crippen LogP contribution >= 0.6 is 0 Å². The summed E-state index contributed by atoms with van der Waals surface area (Å²) in [6, 6.07) is 23.6. The van der Waals surface area contributed by atoms with E-state index in [1.54, 1.807) is 18.2 Å². The Kier molecular flexibility index (Phi) is 6.25. The Bertz CT molecular complexity index is 1050. The SMILES string of the molecule is C=C(C)c1ccc(/C=C/C(=O)Oc2ccc(-c3ccc(C(=C)C)cc3)cc2)cc1. The molecule has 0 amide bonds. The van der Waals surface area contributed by atoms with E-state index in [4.69, 9.17) is 4.74 Å². The normalized spacial score (nSPS) is 10.7. The van der Waals surface area contributed by atoms with Crippen molar-refractivity contribution in [1.29, 1.82) is 0 Å². The fraction of sp³-hybridized carbons (Fsp3) is 0.0741. The first-order valence-corrected chi connectivity index (χ1v) is 9.44. The summed E-state index contributed by atoms with van der Waals surface area (Å²) in [6.45, 7) is 11.8. The number of carbonyl (C=O) groups is 1. The molecule has 144 valence electrons. The number of ether oxygens (including phenoxy) is 1. The lowest BCUT2D eigenvalue weighted by molar-refractivity contribution is -0.128. The summed E-state index contributed by atoms with van der Waals surface area (Å²) in [4.78, 5) is 12.1. The molecule has 0 N–H and O–H groups in total. The van der Waals surface area contributed by atoms with Crippen molar-refractivity contribution in [2.45, 2.75) is 13.8 Å². The number of rotatable bonds is 6. The number of benzene rings is 3. The summed E-state index contributed by atoms with van der Waals surface area (Å²) in [5.74, 6) is 0.104. The molecule has 0 fully saturated rings. The Balaban J connectivity index is 1.62. The molecule has 0 bridgehead atoms. The molecule has 0 atom stereocenters. The largest absolute Gasteiger partial charge is 0.423 e.